The van der Waals surface area contributed by atoms with Crippen molar-refractivity contribution in [2.75, 3.05) is 36.4 Å². The molecule has 0 spiro atoms. The molecule has 0 bridgehead atoms. The van der Waals surface area contributed by atoms with Crippen molar-refractivity contribution >= 4 is 29.1 Å². The average molecular weight is 626 g/mol. The van der Waals surface area contributed by atoms with Crippen LogP contribution in [0.1, 0.15) is 83.8 Å². The second-order valence-corrected chi connectivity index (χ2v) is 12.3. The van der Waals surface area contributed by atoms with Gasteiger partial charge in [0.2, 0.25) is 0 Å². The molecule has 2 amide bonds. The number of carbonyl (C=O) groups excluding carboxylic acids is 2. The fourth-order valence-corrected chi connectivity index (χ4v) is 6.35. The number of aromatic nitrogens is 4. The van der Waals surface area contributed by atoms with Crippen LogP contribution in [0.25, 0.3) is 0 Å². The maximum absolute atomic E-state index is 13.1. The second kappa shape index (κ2) is 12.7. The van der Waals surface area contributed by atoms with Crippen molar-refractivity contribution in [3.8, 4) is 0 Å². The molecule has 4 heterocycles. The van der Waals surface area contributed by atoms with E-state index in [0.29, 0.717) is 55.5 Å². The van der Waals surface area contributed by atoms with Crippen LogP contribution >= 0.6 is 0 Å². The van der Waals surface area contributed by atoms with Gasteiger partial charge in [0.1, 0.15) is 5.82 Å². The number of hydrogen-bond donors (Lipinski definition) is 3. The lowest BCUT2D eigenvalue weighted by Gasteiger charge is -2.40. The molecule has 3 fully saturated rings. The van der Waals surface area contributed by atoms with Crippen molar-refractivity contribution in [3.63, 3.8) is 0 Å². The van der Waals surface area contributed by atoms with Crippen LogP contribution in [0.5, 0.6) is 0 Å². The van der Waals surface area contributed by atoms with Gasteiger partial charge in [-0.1, -0.05) is 12.1 Å². The van der Waals surface area contributed by atoms with Crippen LogP contribution in [-0.2, 0) is 0 Å². The van der Waals surface area contributed by atoms with E-state index < -0.39 is 18.6 Å². The lowest BCUT2D eigenvalue weighted by Crippen LogP contribution is -2.54. The molecule has 240 valence electrons. The molecule has 0 unspecified atom stereocenters. The van der Waals surface area contributed by atoms with Crippen LogP contribution in [0, 0.1) is 0 Å². The number of nitrogens with two attached hydrogens (primary N) is 1. The zero-order valence-corrected chi connectivity index (χ0v) is 25.1. The van der Waals surface area contributed by atoms with Crippen molar-refractivity contribution in [2.24, 2.45) is 5.73 Å². The van der Waals surface area contributed by atoms with Crippen LogP contribution in [0.3, 0.4) is 0 Å². The number of halogens is 3. The first-order valence-electron chi connectivity index (χ1n) is 15.5. The molecule has 0 radical (unpaired) electrons. The normalized spacial score (nSPS) is 21.5. The number of carbonyl (C=O) groups is 2. The number of hydrogen-bond acceptors (Lipinski definition) is 8. The van der Waals surface area contributed by atoms with Crippen LogP contribution in [0.15, 0.2) is 42.9 Å². The summed E-state index contributed by atoms with van der Waals surface area (Å²) in [6.07, 6.45) is 5.76. The minimum atomic E-state index is -4.22. The molecule has 1 aromatic carbocycles. The van der Waals surface area contributed by atoms with Gasteiger partial charge in [-0.2, -0.15) is 18.3 Å². The standard InChI is InChI=1S/C31H38F3N9O2/c1-19-25(39-30(45)22-8-6-21(7-9-22)20-4-5-20)3-2-12-42(19)26-16-36-27(28(35)44)29(40-26)38-23-15-37-43(17-23)24-10-13-41(14-11-24)18-31(32,33)34/h6-9,15-17,19-20,24-25H,2-5,10-14,18H2,1H3,(H2,35,44)(H,38,40)(H,39,45)/t19-,25-/m1/s1. The summed E-state index contributed by atoms with van der Waals surface area (Å²) in [4.78, 5) is 37.8. The number of anilines is 3. The van der Waals surface area contributed by atoms with E-state index >= 15 is 0 Å². The van der Waals surface area contributed by atoms with Gasteiger partial charge in [0.15, 0.2) is 11.5 Å². The zero-order chi connectivity index (χ0) is 31.7. The lowest BCUT2D eigenvalue weighted by molar-refractivity contribution is -0.148. The average Bonchev–Trinajstić information content (AvgIpc) is 3.76. The molecule has 3 aliphatic rings. The van der Waals surface area contributed by atoms with E-state index in [4.69, 9.17) is 10.7 Å². The first-order valence-corrected chi connectivity index (χ1v) is 15.5. The molecule has 2 atom stereocenters. The van der Waals surface area contributed by atoms with Crippen molar-refractivity contribution in [2.45, 2.75) is 75.7 Å². The fourth-order valence-electron chi connectivity index (χ4n) is 6.35. The minimum absolute atomic E-state index is 0.0314. The first-order chi connectivity index (χ1) is 21.5. The summed E-state index contributed by atoms with van der Waals surface area (Å²) in [6, 6.07) is 7.59. The molecule has 14 heteroatoms. The van der Waals surface area contributed by atoms with Crippen LogP contribution in [0.4, 0.5) is 30.5 Å². The molecule has 1 aliphatic carbocycles. The number of nitrogens with one attached hydrogen (secondary N) is 2. The Kier molecular flexibility index (Phi) is 8.67. The number of rotatable bonds is 9. The van der Waals surface area contributed by atoms with Crippen molar-refractivity contribution in [1.29, 1.82) is 0 Å². The van der Waals surface area contributed by atoms with E-state index in [0.717, 1.165) is 12.8 Å². The smallest absolute Gasteiger partial charge is 0.364 e. The van der Waals surface area contributed by atoms with Gasteiger partial charge in [-0.05, 0) is 69.1 Å². The topological polar surface area (TPSA) is 134 Å². The number of primary amides is 1. The summed E-state index contributed by atoms with van der Waals surface area (Å²) in [5.41, 5.74) is 8.05. The molecule has 2 saturated heterocycles. The summed E-state index contributed by atoms with van der Waals surface area (Å²) in [6.45, 7) is 2.47. The quantitative estimate of drug-likeness (QED) is 0.319. The largest absolute Gasteiger partial charge is 0.401 e. The van der Waals surface area contributed by atoms with E-state index in [9.17, 15) is 22.8 Å². The number of piperidine rings is 2. The highest BCUT2D eigenvalue weighted by molar-refractivity contribution is 5.96. The predicted molar refractivity (Wildman–Crippen MR) is 163 cm³/mol. The summed E-state index contributed by atoms with van der Waals surface area (Å²) in [7, 11) is 0. The highest BCUT2D eigenvalue weighted by Gasteiger charge is 2.34. The maximum Gasteiger partial charge on any atom is 0.401 e. The molecule has 1 saturated carbocycles. The van der Waals surface area contributed by atoms with Gasteiger partial charge < -0.3 is 21.3 Å². The SMILES string of the molecule is C[C@@H]1[C@H](NC(=O)c2ccc(C3CC3)cc2)CCCN1c1cnc(C(N)=O)c(Nc2cnn(C3CCN(CC(F)(F)F)CC3)c2)n1. The van der Waals surface area contributed by atoms with Gasteiger partial charge in [0, 0.05) is 43.5 Å². The minimum Gasteiger partial charge on any atom is -0.364 e. The van der Waals surface area contributed by atoms with Crippen molar-refractivity contribution in [1.82, 2.24) is 30.0 Å². The van der Waals surface area contributed by atoms with Crippen LogP contribution in [0.2, 0.25) is 0 Å². The third kappa shape index (κ3) is 7.38. The summed E-state index contributed by atoms with van der Waals surface area (Å²) in [5.74, 6) is 0.479. The highest BCUT2D eigenvalue weighted by Crippen LogP contribution is 2.40. The molecular formula is C31H38F3N9O2. The first kappa shape index (κ1) is 30.8. The van der Waals surface area contributed by atoms with Gasteiger partial charge in [-0.3, -0.25) is 19.2 Å². The summed E-state index contributed by atoms with van der Waals surface area (Å²) < 4.78 is 40.0. The molecule has 2 aliphatic heterocycles. The van der Waals surface area contributed by atoms with Gasteiger partial charge in [-0.25, -0.2) is 9.97 Å². The summed E-state index contributed by atoms with van der Waals surface area (Å²) in [5, 5.41) is 10.7. The number of amides is 2. The zero-order valence-electron chi connectivity index (χ0n) is 25.1. The number of alkyl halides is 3. The number of nitrogens with zero attached hydrogens (tertiary/aromatic N) is 6. The Balaban J connectivity index is 1.12. The van der Waals surface area contributed by atoms with E-state index in [2.05, 4.69) is 25.6 Å². The molecular weight excluding hydrogens is 587 g/mol. The van der Waals surface area contributed by atoms with E-state index in [-0.39, 0.29) is 35.5 Å². The number of benzene rings is 1. The Morgan fingerprint density at radius 3 is 2.42 bits per heavy atom. The molecule has 6 rings (SSSR count). The fraction of sp³-hybridized carbons (Fsp3) is 0.516. The van der Waals surface area contributed by atoms with Gasteiger partial charge >= 0.3 is 6.18 Å². The van der Waals surface area contributed by atoms with E-state index in [1.165, 1.54) is 29.5 Å². The van der Waals surface area contributed by atoms with Crippen LogP contribution in [-0.4, -0.2) is 80.9 Å². The molecule has 45 heavy (non-hydrogen) atoms. The van der Waals surface area contributed by atoms with Gasteiger partial charge in [0.05, 0.1) is 30.7 Å². The monoisotopic (exact) mass is 625 g/mol. The predicted octanol–water partition coefficient (Wildman–Crippen LogP) is 4.38. The number of likely N-dealkylation sites (tertiary alicyclic amines) is 1. The van der Waals surface area contributed by atoms with E-state index in [1.54, 1.807) is 17.1 Å². The Morgan fingerprint density at radius 2 is 1.76 bits per heavy atom. The molecule has 4 N–H and O–H groups in total. The van der Waals surface area contributed by atoms with E-state index in [1.807, 2.05) is 31.2 Å². The second-order valence-electron chi connectivity index (χ2n) is 12.3. The maximum atomic E-state index is 13.1. The molecule has 2 aromatic heterocycles. The Labute approximate surface area is 259 Å². The van der Waals surface area contributed by atoms with Gasteiger partial charge in [0.25, 0.3) is 11.8 Å². The lowest BCUT2D eigenvalue weighted by atomic mass is 9.97. The highest BCUT2D eigenvalue weighted by atomic mass is 19.4. The van der Waals surface area contributed by atoms with Gasteiger partial charge in [-0.15, -0.1) is 0 Å². The summed E-state index contributed by atoms with van der Waals surface area (Å²) >= 11 is 0. The van der Waals surface area contributed by atoms with Crippen molar-refractivity contribution in [3.05, 3.63) is 59.7 Å². The Hall–Kier alpha value is -4.20. The molecule has 11 nitrogen and oxygen atoms in total. The third-order valence-corrected chi connectivity index (χ3v) is 9.01. The Morgan fingerprint density at radius 1 is 1.02 bits per heavy atom. The van der Waals surface area contributed by atoms with Crippen molar-refractivity contribution < 1.29 is 22.8 Å². The molecule has 3 aromatic rings. The third-order valence-electron chi connectivity index (χ3n) is 9.01. The van der Waals surface area contributed by atoms with Crippen LogP contribution < -0.4 is 21.3 Å². The Bertz CT molecular complexity index is 1520.